The van der Waals surface area contributed by atoms with Crippen molar-refractivity contribution in [2.24, 2.45) is 0 Å². The van der Waals surface area contributed by atoms with E-state index >= 15 is 0 Å². The van der Waals surface area contributed by atoms with Crippen molar-refractivity contribution < 1.29 is 14.3 Å². The van der Waals surface area contributed by atoms with Crippen LogP contribution in [-0.4, -0.2) is 51.3 Å². The summed E-state index contributed by atoms with van der Waals surface area (Å²) in [5, 5.41) is 14.6. The Morgan fingerprint density at radius 1 is 1.02 bits per heavy atom. The molecular weight excluding hydrogens is 518 g/mol. The van der Waals surface area contributed by atoms with Crippen molar-refractivity contribution in [2.45, 2.75) is 19.4 Å². The van der Waals surface area contributed by atoms with Crippen molar-refractivity contribution in [3.63, 3.8) is 0 Å². The molecule has 3 heterocycles. The Bertz CT molecular complexity index is 1740. The van der Waals surface area contributed by atoms with Gasteiger partial charge in [-0.25, -0.2) is 9.67 Å². The van der Waals surface area contributed by atoms with E-state index in [-0.39, 0.29) is 18.1 Å². The zero-order chi connectivity index (χ0) is 28.8. The molecule has 0 spiro atoms. The molecule has 2 aromatic carbocycles. The van der Waals surface area contributed by atoms with E-state index in [0.29, 0.717) is 42.4 Å². The number of fused-ring (bicyclic) bond motifs is 1. The van der Waals surface area contributed by atoms with Crippen molar-refractivity contribution in [1.29, 1.82) is 5.26 Å². The Morgan fingerprint density at radius 3 is 2.68 bits per heavy atom. The van der Waals surface area contributed by atoms with Crippen molar-refractivity contribution >= 4 is 22.5 Å². The minimum atomic E-state index is -0.259. The number of hydrogen-bond acceptors (Lipinski definition) is 8. The van der Waals surface area contributed by atoms with E-state index in [4.69, 9.17) is 25.5 Å². The van der Waals surface area contributed by atoms with E-state index in [0.717, 1.165) is 27.6 Å². The summed E-state index contributed by atoms with van der Waals surface area (Å²) in [4.78, 5) is 24.4. The fourth-order valence-electron chi connectivity index (χ4n) is 4.61. The van der Waals surface area contributed by atoms with Crippen LogP contribution in [0, 0.1) is 11.3 Å². The van der Waals surface area contributed by atoms with Gasteiger partial charge in [-0.2, -0.15) is 10.4 Å². The summed E-state index contributed by atoms with van der Waals surface area (Å²) in [5.74, 6) is 1.51. The van der Waals surface area contributed by atoms with E-state index in [9.17, 15) is 4.79 Å². The SMILES string of the molecule is COc1ccc(CN(CCCC#N)C(=O)c2cccc(-n3ncc4ccc(-c5cncc(N)c5)cc43)n2)c(OC)c1. The van der Waals surface area contributed by atoms with Crippen LogP contribution in [0.4, 0.5) is 5.69 Å². The molecule has 0 aliphatic rings. The number of ether oxygens (including phenoxy) is 2. The van der Waals surface area contributed by atoms with Gasteiger partial charge in [0, 0.05) is 54.5 Å². The third kappa shape index (κ3) is 5.94. The average Bonchev–Trinajstić information content (AvgIpc) is 3.44. The molecule has 0 atom stereocenters. The second-order valence-electron chi connectivity index (χ2n) is 9.38. The number of nitriles is 1. The highest BCUT2D eigenvalue weighted by molar-refractivity contribution is 5.93. The molecular formula is C31H29N7O3. The van der Waals surface area contributed by atoms with Gasteiger partial charge < -0.3 is 20.1 Å². The summed E-state index contributed by atoms with van der Waals surface area (Å²) in [7, 11) is 3.16. The predicted octanol–water partition coefficient (Wildman–Crippen LogP) is 5.03. The molecule has 0 aliphatic carbocycles. The number of methoxy groups -OCH3 is 2. The van der Waals surface area contributed by atoms with Crippen molar-refractivity contribution in [3.05, 3.63) is 90.5 Å². The molecule has 0 unspecified atom stereocenters. The standard InChI is InChI=1S/C31H29N7O3/c1-40-26-11-10-23(29(16-26)41-2)20-37(13-4-3-12-32)31(39)27-6-5-7-30(36-27)38-28-15-21(8-9-22(28)18-35-38)24-14-25(33)19-34-17-24/h5-11,14-19H,3-4,13,20,33H2,1-2H3. The summed E-state index contributed by atoms with van der Waals surface area (Å²) >= 11 is 0. The van der Waals surface area contributed by atoms with Gasteiger partial charge in [0.1, 0.15) is 17.2 Å². The monoisotopic (exact) mass is 547 g/mol. The van der Waals surface area contributed by atoms with E-state index in [1.165, 1.54) is 0 Å². The van der Waals surface area contributed by atoms with Crippen LogP contribution in [0.25, 0.3) is 27.8 Å². The first-order valence-electron chi connectivity index (χ1n) is 13.0. The fraction of sp³-hybridized carbons (Fsp3) is 0.194. The highest BCUT2D eigenvalue weighted by Gasteiger charge is 2.20. The third-order valence-electron chi connectivity index (χ3n) is 6.69. The zero-order valence-electron chi connectivity index (χ0n) is 22.8. The number of nitrogens with two attached hydrogens (primary N) is 1. The maximum Gasteiger partial charge on any atom is 0.272 e. The molecule has 206 valence electrons. The number of nitrogens with zero attached hydrogens (tertiary/aromatic N) is 6. The minimum Gasteiger partial charge on any atom is -0.497 e. The van der Waals surface area contributed by atoms with E-state index in [1.807, 2.05) is 42.5 Å². The molecule has 5 rings (SSSR count). The zero-order valence-corrected chi connectivity index (χ0v) is 22.8. The lowest BCUT2D eigenvalue weighted by atomic mass is 10.1. The third-order valence-corrected chi connectivity index (χ3v) is 6.69. The average molecular weight is 548 g/mol. The second-order valence-corrected chi connectivity index (χ2v) is 9.38. The van der Waals surface area contributed by atoms with Crippen molar-refractivity contribution in [1.82, 2.24) is 24.6 Å². The van der Waals surface area contributed by atoms with Crippen LogP contribution in [-0.2, 0) is 6.54 Å². The smallest absolute Gasteiger partial charge is 0.272 e. The van der Waals surface area contributed by atoms with Crippen LogP contribution in [0.15, 0.2) is 79.3 Å². The highest BCUT2D eigenvalue weighted by Crippen LogP contribution is 2.28. The molecule has 0 aliphatic heterocycles. The fourth-order valence-corrected chi connectivity index (χ4v) is 4.61. The summed E-state index contributed by atoms with van der Waals surface area (Å²) in [6, 6.07) is 20.7. The van der Waals surface area contributed by atoms with Crippen LogP contribution < -0.4 is 15.2 Å². The van der Waals surface area contributed by atoms with Crippen LogP contribution in [0.1, 0.15) is 28.9 Å². The Morgan fingerprint density at radius 2 is 1.90 bits per heavy atom. The largest absolute Gasteiger partial charge is 0.497 e. The van der Waals surface area contributed by atoms with Crippen LogP contribution in [0.3, 0.4) is 0 Å². The predicted molar refractivity (Wildman–Crippen MR) is 156 cm³/mol. The number of benzene rings is 2. The Hall–Kier alpha value is -5.43. The lowest BCUT2D eigenvalue weighted by Gasteiger charge is -2.23. The number of anilines is 1. The van der Waals surface area contributed by atoms with E-state index in [1.54, 1.807) is 60.6 Å². The Kier molecular flexibility index (Phi) is 8.06. The summed E-state index contributed by atoms with van der Waals surface area (Å²) in [6.45, 7) is 0.668. The summed E-state index contributed by atoms with van der Waals surface area (Å²) in [5.41, 5.74) is 10.3. The molecule has 0 fully saturated rings. The Balaban J connectivity index is 1.47. The number of rotatable bonds is 10. The minimum absolute atomic E-state index is 0.259. The molecule has 2 N–H and O–H groups in total. The number of aromatic nitrogens is 4. The van der Waals surface area contributed by atoms with Gasteiger partial charge in [-0.15, -0.1) is 0 Å². The molecule has 10 nitrogen and oxygen atoms in total. The quantitative estimate of drug-likeness (QED) is 0.241. The van der Waals surface area contributed by atoms with Crippen LogP contribution in [0.2, 0.25) is 0 Å². The lowest BCUT2D eigenvalue weighted by Crippen LogP contribution is -2.32. The summed E-state index contributed by atoms with van der Waals surface area (Å²) in [6.07, 6.45) is 5.99. The van der Waals surface area contributed by atoms with Crippen molar-refractivity contribution in [3.8, 4) is 34.5 Å². The van der Waals surface area contributed by atoms with Gasteiger partial charge >= 0.3 is 0 Å². The number of hydrogen-bond donors (Lipinski definition) is 1. The number of pyridine rings is 2. The lowest BCUT2D eigenvalue weighted by molar-refractivity contribution is 0.0734. The second kappa shape index (κ2) is 12.2. The number of carbonyl (C=O) groups excluding carboxylic acids is 1. The van der Waals surface area contributed by atoms with Gasteiger partial charge in [-0.3, -0.25) is 9.78 Å². The van der Waals surface area contributed by atoms with Gasteiger partial charge in [0.05, 0.1) is 37.7 Å². The van der Waals surface area contributed by atoms with Crippen LogP contribution >= 0.6 is 0 Å². The van der Waals surface area contributed by atoms with Gasteiger partial charge in [-0.05, 0) is 48.4 Å². The van der Waals surface area contributed by atoms with Gasteiger partial charge in [0.15, 0.2) is 5.82 Å². The van der Waals surface area contributed by atoms with E-state index < -0.39 is 0 Å². The van der Waals surface area contributed by atoms with Crippen molar-refractivity contribution in [2.75, 3.05) is 26.5 Å². The first-order valence-corrected chi connectivity index (χ1v) is 13.0. The normalized spacial score (nSPS) is 10.8. The topological polar surface area (TPSA) is 132 Å². The molecule has 10 heteroatoms. The highest BCUT2D eigenvalue weighted by atomic mass is 16.5. The summed E-state index contributed by atoms with van der Waals surface area (Å²) < 4.78 is 12.6. The number of amides is 1. The first-order chi connectivity index (χ1) is 20.0. The molecule has 1 amide bonds. The molecule has 0 radical (unpaired) electrons. The number of unbranched alkanes of at least 4 members (excludes halogenated alkanes) is 1. The van der Waals surface area contributed by atoms with Gasteiger partial charge in [0.25, 0.3) is 5.91 Å². The molecule has 0 saturated heterocycles. The molecule has 3 aromatic heterocycles. The van der Waals surface area contributed by atoms with Gasteiger partial charge in [0.2, 0.25) is 0 Å². The maximum absolute atomic E-state index is 13.8. The first kappa shape index (κ1) is 27.1. The van der Waals surface area contributed by atoms with E-state index in [2.05, 4.69) is 16.2 Å². The Labute approximate surface area is 237 Å². The molecule has 0 saturated carbocycles. The molecule has 41 heavy (non-hydrogen) atoms. The number of carbonyl (C=O) groups is 1. The molecule has 5 aromatic rings. The van der Waals surface area contributed by atoms with Gasteiger partial charge in [-0.1, -0.05) is 18.2 Å². The molecule has 0 bridgehead atoms. The maximum atomic E-state index is 13.8. The number of nitrogen functional groups attached to an aromatic ring is 1. The van der Waals surface area contributed by atoms with Crippen LogP contribution in [0.5, 0.6) is 11.5 Å².